The molecule has 0 bridgehead atoms. The number of sulfone groups is 1. The van der Waals surface area contributed by atoms with Crippen molar-refractivity contribution < 1.29 is 12.8 Å². The minimum absolute atomic E-state index is 0.555. The molecule has 0 aliphatic rings. The van der Waals surface area contributed by atoms with Gasteiger partial charge in [0.15, 0.2) is 9.84 Å². The van der Waals surface area contributed by atoms with E-state index >= 15 is 0 Å². The highest BCUT2D eigenvalue weighted by molar-refractivity contribution is 7.91. The van der Waals surface area contributed by atoms with Crippen molar-refractivity contribution in [2.45, 2.75) is 13.1 Å². The molecule has 0 aromatic heterocycles. The summed E-state index contributed by atoms with van der Waals surface area (Å²) in [5, 5.41) is 7.96. The lowest BCUT2D eigenvalue weighted by Crippen LogP contribution is -2.16. The molecular weight excluding hydrogens is 157 g/mol. The zero-order valence-electron chi connectivity index (χ0n) is 5.54. The fraction of sp³-hybridized carbons (Fsp3) is 0.800. The van der Waals surface area contributed by atoms with E-state index in [9.17, 15) is 12.8 Å². The molecule has 0 fully saturated rings. The van der Waals surface area contributed by atoms with Gasteiger partial charge in [0.25, 0.3) is 0 Å². The van der Waals surface area contributed by atoms with Crippen molar-refractivity contribution in [3.63, 3.8) is 0 Å². The monoisotopic (exact) mass is 165 g/mol. The summed E-state index contributed by atoms with van der Waals surface area (Å²) in [4.78, 5) is 0. The van der Waals surface area contributed by atoms with Gasteiger partial charge in [-0.1, -0.05) is 0 Å². The van der Waals surface area contributed by atoms with Crippen molar-refractivity contribution in [2.24, 2.45) is 0 Å². The number of rotatable bonds is 3. The molecule has 10 heavy (non-hydrogen) atoms. The average molecular weight is 165 g/mol. The molecule has 0 aliphatic carbocycles. The third-order valence-electron chi connectivity index (χ3n) is 0.768. The molecule has 1 atom stereocenters. The van der Waals surface area contributed by atoms with E-state index in [0.29, 0.717) is 0 Å². The summed E-state index contributed by atoms with van der Waals surface area (Å²) in [7, 11) is -3.47. The lowest BCUT2D eigenvalue weighted by Gasteiger charge is -1.98. The van der Waals surface area contributed by atoms with Crippen LogP contribution in [0, 0.1) is 11.3 Å². The van der Waals surface area contributed by atoms with E-state index in [4.69, 9.17) is 5.26 Å². The Morgan fingerprint density at radius 2 is 2.20 bits per heavy atom. The highest BCUT2D eigenvalue weighted by atomic mass is 32.2. The summed E-state index contributed by atoms with van der Waals surface area (Å²) < 4.78 is 33.2. The maximum Gasteiger partial charge on any atom is 0.166 e. The van der Waals surface area contributed by atoms with Crippen molar-refractivity contribution in [1.29, 1.82) is 5.26 Å². The minimum Gasteiger partial charge on any atom is -0.247 e. The van der Waals surface area contributed by atoms with Crippen LogP contribution >= 0.6 is 0 Å². The Bertz CT molecular complexity index is 227. The Hall–Kier alpha value is -0.630. The average Bonchev–Trinajstić information content (AvgIpc) is 1.59. The van der Waals surface area contributed by atoms with Gasteiger partial charge in [-0.3, -0.25) is 0 Å². The molecule has 0 aliphatic heterocycles. The minimum atomic E-state index is -3.47. The highest BCUT2D eigenvalue weighted by Crippen LogP contribution is 1.96. The molecule has 5 heteroatoms. The fourth-order valence-corrected chi connectivity index (χ4v) is 1.52. The van der Waals surface area contributed by atoms with Crippen LogP contribution in [-0.2, 0) is 9.84 Å². The molecule has 3 nitrogen and oxygen atoms in total. The summed E-state index contributed by atoms with van der Waals surface area (Å²) >= 11 is 0. The van der Waals surface area contributed by atoms with Crippen LogP contribution in [-0.4, -0.2) is 26.1 Å². The van der Waals surface area contributed by atoms with Crippen LogP contribution in [0.2, 0.25) is 0 Å². The zero-order valence-corrected chi connectivity index (χ0v) is 6.36. The Kier molecular flexibility index (Phi) is 3.30. The normalized spacial score (nSPS) is 14.1. The van der Waals surface area contributed by atoms with E-state index in [1.807, 2.05) is 0 Å². The number of halogens is 1. The summed E-state index contributed by atoms with van der Waals surface area (Å²) in [5.74, 6) is -1.15. The fourth-order valence-electron chi connectivity index (χ4n) is 0.507. The number of hydrogen-bond acceptors (Lipinski definition) is 3. The first-order valence-corrected chi connectivity index (χ1v) is 4.51. The lowest BCUT2D eigenvalue weighted by atomic mass is 10.5. The van der Waals surface area contributed by atoms with Crippen molar-refractivity contribution >= 4 is 9.84 Å². The van der Waals surface area contributed by atoms with Crippen molar-refractivity contribution in [2.75, 3.05) is 11.5 Å². The van der Waals surface area contributed by atoms with Crippen molar-refractivity contribution in [3.05, 3.63) is 0 Å². The van der Waals surface area contributed by atoms with Gasteiger partial charge in [0.1, 0.15) is 11.9 Å². The van der Waals surface area contributed by atoms with Crippen LogP contribution in [0.1, 0.15) is 6.92 Å². The van der Waals surface area contributed by atoms with Crippen LogP contribution in [0.4, 0.5) is 4.39 Å². The quantitative estimate of drug-likeness (QED) is 0.603. The predicted molar refractivity (Wildman–Crippen MR) is 34.8 cm³/mol. The van der Waals surface area contributed by atoms with Crippen LogP contribution < -0.4 is 0 Å². The Balaban J connectivity index is 4.05. The molecule has 0 aromatic rings. The molecule has 0 amide bonds. The van der Waals surface area contributed by atoms with Gasteiger partial charge in [-0.05, 0) is 6.92 Å². The smallest absolute Gasteiger partial charge is 0.166 e. The molecule has 58 valence electrons. The van der Waals surface area contributed by atoms with Gasteiger partial charge in [0, 0.05) is 0 Å². The summed E-state index contributed by atoms with van der Waals surface area (Å²) in [6, 6.07) is 1.46. The molecule has 0 saturated carbocycles. The van der Waals surface area contributed by atoms with E-state index in [1.54, 1.807) is 0 Å². The first-order valence-electron chi connectivity index (χ1n) is 2.69. The van der Waals surface area contributed by atoms with Gasteiger partial charge in [0.05, 0.1) is 11.8 Å². The zero-order chi connectivity index (χ0) is 8.20. The molecule has 0 N–H and O–H groups in total. The maximum atomic E-state index is 12.0. The lowest BCUT2D eigenvalue weighted by molar-refractivity contribution is 0.391. The second kappa shape index (κ2) is 3.52. The van der Waals surface area contributed by atoms with Crippen LogP contribution in [0.15, 0.2) is 0 Å². The van der Waals surface area contributed by atoms with E-state index in [-0.39, 0.29) is 0 Å². The second-order valence-electron chi connectivity index (χ2n) is 1.99. The first kappa shape index (κ1) is 9.37. The number of nitriles is 1. The van der Waals surface area contributed by atoms with E-state index in [0.717, 1.165) is 6.92 Å². The molecule has 0 heterocycles. The third-order valence-corrected chi connectivity index (χ3v) is 2.30. The van der Waals surface area contributed by atoms with Crippen LogP contribution in [0.5, 0.6) is 0 Å². The predicted octanol–water partition coefficient (Wildman–Crippen LogP) is 0.283. The van der Waals surface area contributed by atoms with Gasteiger partial charge in [-0.25, -0.2) is 12.8 Å². The van der Waals surface area contributed by atoms with E-state index in [1.165, 1.54) is 6.07 Å². The maximum absolute atomic E-state index is 12.0. The molecule has 0 rings (SSSR count). The highest BCUT2D eigenvalue weighted by Gasteiger charge is 2.13. The number of nitrogens with zero attached hydrogens (tertiary/aromatic N) is 1. The summed E-state index contributed by atoms with van der Waals surface area (Å²) in [5.41, 5.74) is 0. The number of hydrogen-bond donors (Lipinski definition) is 0. The van der Waals surface area contributed by atoms with Gasteiger partial charge < -0.3 is 0 Å². The topological polar surface area (TPSA) is 57.9 Å². The van der Waals surface area contributed by atoms with Crippen LogP contribution in [0.3, 0.4) is 0 Å². The SMILES string of the molecule is CC(F)CS(=O)(=O)CC#N. The molecule has 0 radical (unpaired) electrons. The summed E-state index contributed by atoms with van der Waals surface area (Å²) in [6.07, 6.45) is -1.39. The third kappa shape index (κ3) is 4.27. The van der Waals surface area contributed by atoms with Crippen LogP contribution in [0.25, 0.3) is 0 Å². The van der Waals surface area contributed by atoms with Gasteiger partial charge >= 0.3 is 0 Å². The first-order chi connectivity index (χ1) is 4.48. The van der Waals surface area contributed by atoms with Crippen molar-refractivity contribution in [3.8, 4) is 6.07 Å². The Morgan fingerprint density at radius 3 is 2.50 bits per heavy atom. The van der Waals surface area contributed by atoms with Crippen molar-refractivity contribution in [1.82, 2.24) is 0 Å². The molecule has 0 aromatic carbocycles. The largest absolute Gasteiger partial charge is 0.247 e. The molecule has 0 saturated heterocycles. The summed E-state index contributed by atoms with van der Waals surface area (Å²) in [6.45, 7) is 1.15. The Morgan fingerprint density at radius 1 is 1.70 bits per heavy atom. The molecule has 0 spiro atoms. The van der Waals surface area contributed by atoms with Gasteiger partial charge in [-0.15, -0.1) is 0 Å². The molecule has 1 unspecified atom stereocenters. The Labute approximate surface area is 59.4 Å². The number of alkyl halides is 1. The standard InChI is InChI=1S/C5H8FNO2S/c1-5(6)4-10(8,9)3-2-7/h5H,3-4H2,1H3. The molecular formula is C5H8FNO2S. The van der Waals surface area contributed by atoms with Gasteiger partial charge in [0.2, 0.25) is 0 Å². The van der Waals surface area contributed by atoms with E-state index in [2.05, 4.69) is 0 Å². The van der Waals surface area contributed by atoms with Gasteiger partial charge in [-0.2, -0.15) is 5.26 Å². The second-order valence-corrected chi connectivity index (χ2v) is 4.10. The van der Waals surface area contributed by atoms with E-state index < -0.39 is 27.5 Å².